The summed E-state index contributed by atoms with van der Waals surface area (Å²) in [5.41, 5.74) is 2.29. The third-order valence-electron chi connectivity index (χ3n) is 3.78. The number of aryl methyl sites for hydroxylation is 1. The van der Waals surface area contributed by atoms with Gasteiger partial charge in [0, 0.05) is 11.4 Å². The van der Waals surface area contributed by atoms with Gasteiger partial charge in [0.15, 0.2) is 0 Å². The van der Waals surface area contributed by atoms with Gasteiger partial charge in [-0.2, -0.15) is 0 Å². The van der Waals surface area contributed by atoms with Gasteiger partial charge in [0.05, 0.1) is 6.54 Å². The zero-order valence-electron chi connectivity index (χ0n) is 14.2. The van der Waals surface area contributed by atoms with Gasteiger partial charge in [0.1, 0.15) is 12.4 Å². The van der Waals surface area contributed by atoms with Crippen LogP contribution in [0.2, 0.25) is 5.02 Å². The standard InChI is InChI=1S/C20H24ClNO2/c1-15(2)18-5-3-4-6-19(18)24-14-13-22-20(23)12-9-16-7-10-17(21)11-8-16/h3-8,10-11,15H,9,12-14H2,1-2H3,(H,22,23). The van der Waals surface area contributed by atoms with E-state index < -0.39 is 0 Å². The van der Waals surface area contributed by atoms with Crippen LogP contribution in [-0.2, 0) is 11.2 Å². The molecule has 2 aromatic rings. The van der Waals surface area contributed by atoms with Crippen LogP contribution in [0.5, 0.6) is 5.75 Å². The minimum atomic E-state index is 0.0331. The maximum absolute atomic E-state index is 11.9. The Kier molecular flexibility index (Phi) is 7.13. The highest BCUT2D eigenvalue weighted by Crippen LogP contribution is 2.25. The normalized spacial score (nSPS) is 10.7. The third-order valence-corrected chi connectivity index (χ3v) is 4.03. The van der Waals surface area contributed by atoms with Gasteiger partial charge in [-0.1, -0.05) is 55.8 Å². The lowest BCUT2D eigenvalue weighted by molar-refractivity contribution is -0.121. The minimum Gasteiger partial charge on any atom is -0.491 e. The van der Waals surface area contributed by atoms with Gasteiger partial charge in [-0.05, 0) is 41.7 Å². The molecule has 0 aliphatic heterocycles. The molecular formula is C20H24ClNO2. The molecule has 0 atom stereocenters. The largest absolute Gasteiger partial charge is 0.491 e. The van der Waals surface area contributed by atoms with Crippen molar-refractivity contribution < 1.29 is 9.53 Å². The van der Waals surface area contributed by atoms with Gasteiger partial charge in [-0.25, -0.2) is 0 Å². The van der Waals surface area contributed by atoms with E-state index in [0.717, 1.165) is 11.3 Å². The highest BCUT2D eigenvalue weighted by Gasteiger charge is 2.07. The van der Waals surface area contributed by atoms with Crippen molar-refractivity contribution in [2.45, 2.75) is 32.6 Å². The highest BCUT2D eigenvalue weighted by molar-refractivity contribution is 6.30. The molecule has 0 bridgehead atoms. The van der Waals surface area contributed by atoms with Crippen molar-refractivity contribution in [2.24, 2.45) is 0 Å². The van der Waals surface area contributed by atoms with E-state index in [1.807, 2.05) is 42.5 Å². The number of benzene rings is 2. The summed E-state index contributed by atoms with van der Waals surface area (Å²) in [5.74, 6) is 1.34. The molecule has 4 heteroatoms. The molecule has 128 valence electrons. The summed E-state index contributed by atoms with van der Waals surface area (Å²) in [4.78, 5) is 11.9. The second kappa shape index (κ2) is 9.33. The lowest BCUT2D eigenvalue weighted by atomic mass is 10.0. The zero-order chi connectivity index (χ0) is 17.4. The van der Waals surface area contributed by atoms with E-state index >= 15 is 0 Å². The molecule has 2 rings (SSSR count). The molecule has 0 aliphatic carbocycles. The quantitative estimate of drug-likeness (QED) is 0.710. The van der Waals surface area contributed by atoms with Crippen LogP contribution in [0.4, 0.5) is 0 Å². The van der Waals surface area contributed by atoms with Gasteiger partial charge in [-0.3, -0.25) is 4.79 Å². The second-order valence-electron chi connectivity index (χ2n) is 6.02. The van der Waals surface area contributed by atoms with Gasteiger partial charge < -0.3 is 10.1 Å². The molecule has 0 radical (unpaired) electrons. The molecule has 0 spiro atoms. The second-order valence-corrected chi connectivity index (χ2v) is 6.45. The van der Waals surface area contributed by atoms with Crippen LogP contribution in [0, 0.1) is 0 Å². The number of hydrogen-bond donors (Lipinski definition) is 1. The summed E-state index contributed by atoms with van der Waals surface area (Å²) in [7, 11) is 0. The summed E-state index contributed by atoms with van der Waals surface area (Å²) >= 11 is 5.85. The van der Waals surface area contributed by atoms with E-state index in [1.165, 1.54) is 5.56 Å². The number of carbonyl (C=O) groups is 1. The van der Waals surface area contributed by atoms with Crippen LogP contribution >= 0.6 is 11.6 Å². The third kappa shape index (κ3) is 5.89. The molecule has 0 saturated carbocycles. The predicted octanol–water partition coefficient (Wildman–Crippen LogP) is 4.59. The molecular weight excluding hydrogens is 322 g/mol. The Morgan fingerprint density at radius 3 is 2.54 bits per heavy atom. The first-order valence-electron chi connectivity index (χ1n) is 8.29. The van der Waals surface area contributed by atoms with Gasteiger partial charge in [-0.15, -0.1) is 0 Å². The smallest absolute Gasteiger partial charge is 0.220 e. The molecule has 0 fully saturated rings. The number of carbonyl (C=O) groups excluding carboxylic acids is 1. The fraction of sp³-hybridized carbons (Fsp3) is 0.350. The van der Waals surface area contributed by atoms with Gasteiger partial charge in [0.2, 0.25) is 5.91 Å². The van der Waals surface area contributed by atoms with Crippen LogP contribution in [-0.4, -0.2) is 19.1 Å². The number of halogens is 1. The van der Waals surface area contributed by atoms with Crippen LogP contribution in [0.15, 0.2) is 48.5 Å². The summed E-state index contributed by atoms with van der Waals surface area (Å²) in [5, 5.41) is 3.60. The Labute approximate surface area is 149 Å². The van der Waals surface area contributed by atoms with Crippen LogP contribution in [0.25, 0.3) is 0 Å². The van der Waals surface area contributed by atoms with Crippen molar-refractivity contribution in [1.29, 1.82) is 0 Å². The SMILES string of the molecule is CC(C)c1ccccc1OCCNC(=O)CCc1ccc(Cl)cc1. The number of ether oxygens (including phenoxy) is 1. The lowest BCUT2D eigenvalue weighted by Gasteiger charge is -2.14. The molecule has 0 aromatic heterocycles. The topological polar surface area (TPSA) is 38.3 Å². The van der Waals surface area contributed by atoms with Crippen molar-refractivity contribution >= 4 is 17.5 Å². The average Bonchev–Trinajstić information content (AvgIpc) is 2.58. The summed E-state index contributed by atoms with van der Waals surface area (Å²) in [6, 6.07) is 15.6. The Morgan fingerprint density at radius 2 is 1.83 bits per heavy atom. The summed E-state index contributed by atoms with van der Waals surface area (Å²) in [6.45, 7) is 5.25. The first-order valence-corrected chi connectivity index (χ1v) is 8.67. The maximum atomic E-state index is 11.9. The van der Waals surface area contributed by atoms with E-state index in [9.17, 15) is 4.79 Å². The molecule has 2 aromatic carbocycles. The molecule has 1 amide bonds. The van der Waals surface area contributed by atoms with E-state index in [-0.39, 0.29) is 5.91 Å². The number of nitrogens with one attached hydrogen (secondary N) is 1. The first kappa shape index (κ1) is 18.3. The number of amides is 1. The highest BCUT2D eigenvalue weighted by atomic mass is 35.5. The molecule has 0 saturated heterocycles. The summed E-state index contributed by atoms with van der Waals surface area (Å²) < 4.78 is 5.80. The summed E-state index contributed by atoms with van der Waals surface area (Å²) in [6.07, 6.45) is 1.17. The van der Waals surface area contributed by atoms with E-state index in [2.05, 4.69) is 25.2 Å². The minimum absolute atomic E-state index is 0.0331. The Hall–Kier alpha value is -2.00. The molecule has 1 N–H and O–H groups in total. The van der Waals surface area contributed by atoms with Crippen molar-refractivity contribution in [2.75, 3.05) is 13.2 Å². The number of hydrogen-bond acceptors (Lipinski definition) is 2. The van der Waals surface area contributed by atoms with Crippen molar-refractivity contribution in [3.63, 3.8) is 0 Å². The van der Waals surface area contributed by atoms with Crippen LogP contribution in [0.1, 0.15) is 37.3 Å². The van der Waals surface area contributed by atoms with Crippen molar-refractivity contribution in [3.8, 4) is 5.75 Å². The van der Waals surface area contributed by atoms with Crippen LogP contribution in [0.3, 0.4) is 0 Å². The average molecular weight is 346 g/mol. The Bertz CT molecular complexity index is 653. The van der Waals surface area contributed by atoms with Crippen molar-refractivity contribution in [3.05, 3.63) is 64.7 Å². The predicted molar refractivity (Wildman–Crippen MR) is 98.8 cm³/mol. The monoisotopic (exact) mass is 345 g/mol. The van der Waals surface area contributed by atoms with E-state index in [4.69, 9.17) is 16.3 Å². The molecule has 3 nitrogen and oxygen atoms in total. The molecule has 0 heterocycles. The van der Waals surface area contributed by atoms with E-state index in [0.29, 0.717) is 36.9 Å². The molecule has 24 heavy (non-hydrogen) atoms. The fourth-order valence-electron chi connectivity index (χ4n) is 2.44. The fourth-order valence-corrected chi connectivity index (χ4v) is 2.56. The maximum Gasteiger partial charge on any atom is 0.220 e. The van der Waals surface area contributed by atoms with Gasteiger partial charge in [0.25, 0.3) is 0 Å². The molecule has 0 aliphatic rings. The van der Waals surface area contributed by atoms with Crippen LogP contribution < -0.4 is 10.1 Å². The van der Waals surface area contributed by atoms with E-state index in [1.54, 1.807) is 0 Å². The van der Waals surface area contributed by atoms with Gasteiger partial charge >= 0.3 is 0 Å². The lowest BCUT2D eigenvalue weighted by Crippen LogP contribution is -2.28. The zero-order valence-corrected chi connectivity index (χ0v) is 15.0. The number of rotatable bonds is 8. The Balaban J connectivity index is 1.69. The first-order chi connectivity index (χ1) is 11.6. The van der Waals surface area contributed by atoms with Crippen molar-refractivity contribution in [1.82, 2.24) is 5.32 Å². The number of para-hydroxylation sites is 1. The Morgan fingerprint density at radius 1 is 1.12 bits per heavy atom. The molecule has 0 unspecified atom stereocenters.